The highest BCUT2D eigenvalue weighted by Crippen LogP contribution is 2.34. The highest BCUT2D eigenvalue weighted by atomic mass is 32.2. The number of hydrogen-bond acceptors (Lipinski definition) is 4. The van der Waals surface area contributed by atoms with Crippen molar-refractivity contribution >= 4 is 15.7 Å². The fourth-order valence-corrected chi connectivity index (χ4v) is 4.37. The molecule has 2 rings (SSSR count). The third-order valence-corrected chi connectivity index (χ3v) is 5.53. The molecule has 116 valence electrons. The van der Waals surface area contributed by atoms with E-state index in [9.17, 15) is 18.5 Å². The lowest BCUT2D eigenvalue weighted by atomic mass is 10.2. The molecule has 0 atom stereocenters. The Morgan fingerprint density at radius 3 is 2.48 bits per heavy atom. The first-order valence-electron chi connectivity index (χ1n) is 7.00. The predicted molar refractivity (Wildman–Crippen MR) is 79.6 cm³/mol. The van der Waals surface area contributed by atoms with E-state index in [4.69, 9.17) is 0 Å². The quantitative estimate of drug-likeness (QED) is 0.597. The molecule has 0 unspecified atom stereocenters. The minimum absolute atomic E-state index is 0.0380. The summed E-state index contributed by atoms with van der Waals surface area (Å²) >= 11 is 0. The third kappa shape index (κ3) is 3.41. The first-order chi connectivity index (χ1) is 9.73. The Kier molecular flexibility index (Phi) is 4.34. The van der Waals surface area contributed by atoms with Crippen molar-refractivity contribution in [1.82, 2.24) is 4.31 Å². The second-order valence-electron chi connectivity index (χ2n) is 5.91. The summed E-state index contributed by atoms with van der Waals surface area (Å²) in [6, 6.07) is 4.03. The number of nitrogens with zero attached hydrogens (tertiary/aromatic N) is 2. The number of aryl methyl sites for hydroxylation is 1. The van der Waals surface area contributed by atoms with Gasteiger partial charge in [0.05, 0.1) is 9.82 Å². The lowest BCUT2D eigenvalue weighted by Crippen LogP contribution is -2.36. The molecule has 21 heavy (non-hydrogen) atoms. The van der Waals surface area contributed by atoms with Crippen LogP contribution in [0.3, 0.4) is 0 Å². The first kappa shape index (κ1) is 15.9. The van der Waals surface area contributed by atoms with Crippen molar-refractivity contribution in [2.45, 2.75) is 44.6 Å². The third-order valence-electron chi connectivity index (χ3n) is 3.47. The lowest BCUT2D eigenvalue weighted by molar-refractivity contribution is -0.385. The van der Waals surface area contributed by atoms with Crippen molar-refractivity contribution in [1.29, 1.82) is 0 Å². The fourth-order valence-electron chi connectivity index (χ4n) is 2.27. The summed E-state index contributed by atoms with van der Waals surface area (Å²) in [4.78, 5) is 10.4. The molecule has 0 heterocycles. The summed E-state index contributed by atoms with van der Waals surface area (Å²) in [5, 5.41) is 10.9. The van der Waals surface area contributed by atoms with E-state index in [1.165, 1.54) is 22.5 Å². The topological polar surface area (TPSA) is 80.5 Å². The van der Waals surface area contributed by atoms with E-state index in [0.29, 0.717) is 12.1 Å². The molecule has 1 aliphatic carbocycles. The van der Waals surface area contributed by atoms with Gasteiger partial charge in [0.2, 0.25) is 10.0 Å². The number of hydrogen-bond donors (Lipinski definition) is 0. The summed E-state index contributed by atoms with van der Waals surface area (Å²) in [5.41, 5.74) is 0.342. The average molecular weight is 312 g/mol. The molecular formula is C14H20N2O4S. The smallest absolute Gasteiger partial charge is 0.258 e. The SMILES string of the molecule is Cc1ccc([N+](=O)[O-])cc1S(=O)(=O)N(CC(C)C)C1CC1. The van der Waals surface area contributed by atoms with Gasteiger partial charge in [-0.25, -0.2) is 8.42 Å². The van der Waals surface area contributed by atoms with E-state index >= 15 is 0 Å². The Balaban J connectivity index is 2.46. The highest BCUT2D eigenvalue weighted by molar-refractivity contribution is 7.89. The largest absolute Gasteiger partial charge is 0.270 e. The van der Waals surface area contributed by atoms with Crippen LogP contribution >= 0.6 is 0 Å². The van der Waals surface area contributed by atoms with Crippen molar-refractivity contribution in [2.24, 2.45) is 5.92 Å². The molecule has 0 radical (unpaired) electrons. The van der Waals surface area contributed by atoms with Crippen molar-refractivity contribution in [3.63, 3.8) is 0 Å². The number of nitro benzene ring substituents is 1. The molecule has 0 aliphatic heterocycles. The molecule has 1 fully saturated rings. The van der Waals surface area contributed by atoms with Crippen LogP contribution in [-0.2, 0) is 10.0 Å². The Bertz CT molecular complexity index is 651. The molecule has 7 heteroatoms. The van der Waals surface area contributed by atoms with E-state index in [-0.39, 0.29) is 22.5 Å². The van der Waals surface area contributed by atoms with Crippen molar-refractivity contribution in [2.75, 3.05) is 6.54 Å². The van der Waals surface area contributed by atoms with Crippen LogP contribution in [0.2, 0.25) is 0 Å². The monoisotopic (exact) mass is 312 g/mol. The summed E-state index contributed by atoms with van der Waals surface area (Å²) in [6.45, 7) is 6.03. The van der Waals surface area contributed by atoms with E-state index < -0.39 is 14.9 Å². The zero-order chi connectivity index (χ0) is 15.8. The van der Waals surface area contributed by atoms with Gasteiger partial charge in [-0.1, -0.05) is 19.9 Å². The van der Waals surface area contributed by atoms with E-state index in [1.54, 1.807) is 6.92 Å². The predicted octanol–water partition coefficient (Wildman–Crippen LogP) is 2.71. The van der Waals surface area contributed by atoms with Gasteiger partial charge in [0, 0.05) is 24.7 Å². The Labute approximate surface area is 125 Å². The summed E-state index contributed by atoms with van der Waals surface area (Å²) < 4.78 is 27.2. The lowest BCUT2D eigenvalue weighted by Gasteiger charge is -2.24. The van der Waals surface area contributed by atoms with Gasteiger partial charge in [-0.15, -0.1) is 0 Å². The van der Waals surface area contributed by atoms with Gasteiger partial charge in [-0.2, -0.15) is 4.31 Å². The molecule has 1 saturated carbocycles. The zero-order valence-electron chi connectivity index (χ0n) is 12.4. The van der Waals surface area contributed by atoms with Crippen LogP contribution in [0, 0.1) is 23.0 Å². The molecule has 0 aromatic heterocycles. The molecule has 0 bridgehead atoms. The van der Waals surface area contributed by atoms with Crippen LogP contribution in [0.1, 0.15) is 32.3 Å². The van der Waals surface area contributed by atoms with Crippen LogP contribution in [-0.4, -0.2) is 30.2 Å². The number of rotatable bonds is 6. The number of benzene rings is 1. The van der Waals surface area contributed by atoms with E-state index in [1.807, 2.05) is 13.8 Å². The second-order valence-corrected chi connectivity index (χ2v) is 7.77. The second kappa shape index (κ2) is 5.73. The normalized spacial score (nSPS) is 15.7. The maximum atomic E-state index is 12.8. The summed E-state index contributed by atoms with van der Waals surface area (Å²) in [7, 11) is -3.69. The van der Waals surface area contributed by atoms with Crippen molar-refractivity contribution in [3.05, 3.63) is 33.9 Å². The Hall–Kier alpha value is -1.47. The van der Waals surface area contributed by atoms with Gasteiger partial charge in [0.25, 0.3) is 5.69 Å². The number of nitro groups is 1. The van der Waals surface area contributed by atoms with Crippen LogP contribution in [0.5, 0.6) is 0 Å². The molecule has 0 amide bonds. The highest BCUT2D eigenvalue weighted by Gasteiger charge is 2.39. The minimum atomic E-state index is -3.69. The van der Waals surface area contributed by atoms with Crippen LogP contribution in [0.15, 0.2) is 23.1 Å². The van der Waals surface area contributed by atoms with Gasteiger partial charge in [-0.3, -0.25) is 10.1 Å². The Morgan fingerprint density at radius 2 is 2.00 bits per heavy atom. The molecular weight excluding hydrogens is 292 g/mol. The van der Waals surface area contributed by atoms with Crippen molar-refractivity contribution in [3.8, 4) is 0 Å². The van der Waals surface area contributed by atoms with Gasteiger partial charge in [0.1, 0.15) is 0 Å². The summed E-state index contributed by atoms with van der Waals surface area (Å²) in [6.07, 6.45) is 1.72. The molecule has 0 spiro atoms. The molecule has 6 nitrogen and oxygen atoms in total. The molecule has 1 aromatic rings. The van der Waals surface area contributed by atoms with Gasteiger partial charge < -0.3 is 0 Å². The molecule has 0 N–H and O–H groups in total. The Morgan fingerprint density at radius 1 is 1.38 bits per heavy atom. The minimum Gasteiger partial charge on any atom is -0.258 e. The number of non-ortho nitro benzene ring substituents is 1. The molecule has 1 aliphatic rings. The average Bonchev–Trinajstić information content (AvgIpc) is 3.19. The maximum absolute atomic E-state index is 12.8. The van der Waals surface area contributed by atoms with Crippen LogP contribution < -0.4 is 0 Å². The standard InChI is InChI=1S/C14H20N2O4S/c1-10(2)9-15(12-6-7-12)21(19,20)14-8-13(16(17)18)5-4-11(14)3/h4-5,8,10,12H,6-7,9H2,1-3H3. The first-order valence-corrected chi connectivity index (χ1v) is 8.44. The molecule has 1 aromatic carbocycles. The van der Waals surface area contributed by atoms with Crippen molar-refractivity contribution < 1.29 is 13.3 Å². The van der Waals surface area contributed by atoms with E-state index in [2.05, 4.69) is 0 Å². The fraction of sp³-hybridized carbons (Fsp3) is 0.571. The number of sulfonamides is 1. The van der Waals surface area contributed by atoms with E-state index in [0.717, 1.165) is 12.8 Å². The maximum Gasteiger partial charge on any atom is 0.270 e. The van der Waals surface area contributed by atoms with Gasteiger partial charge in [0.15, 0.2) is 0 Å². The van der Waals surface area contributed by atoms with Gasteiger partial charge >= 0.3 is 0 Å². The van der Waals surface area contributed by atoms with Crippen LogP contribution in [0.25, 0.3) is 0 Å². The zero-order valence-corrected chi connectivity index (χ0v) is 13.3. The van der Waals surface area contributed by atoms with Gasteiger partial charge in [-0.05, 0) is 31.2 Å². The summed E-state index contributed by atoms with van der Waals surface area (Å²) in [5.74, 6) is 0.208. The molecule has 0 saturated heterocycles. The van der Waals surface area contributed by atoms with Crippen LogP contribution in [0.4, 0.5) is 5.69 Å².